The fourth-order valence-electron chi connectivity index (χ4n) is 4.18. The second kappa shape index (κ2) is 8.05. The number of thiophene rings is 1. The maximum absolute atomic E-state index is 13.3. The lowest BCUT2D eigenvalue weighted by atomic mass is 9.76. The van der Waals surface area contributed by atoms with Crippen LogP contribution in [-0.2, 0) is 9.59 Å². The van der Waals surface area contributed by atoms with Crippen molar-refractivity contribution < 1.29 is 14.7 Å². The van der Waals surface area contributed by atoms with Gasteiger partial charge in [-0.05, 0) is 55.0 Å². The number of carbonyl (C=O) groups excluding carboxylic acids is 1. The first-order valence-corrected chi connectivity index (χ1v) is 11.0. The van der Waals surface area contributed by atoms with Crippen molar-refractivity contribution in [3.05, 3.63) is 56.2 Å². The summed E-state index contributed by atoms with van der Waals surface area (Å²) in [6.45, 7) is 0.673. The van der Waals surface area contributed by atoms with Gasteiger partial charge in [0.15, 0.2) is 0 Å². The molecule has 0 bridgehead atoms. The van der Waals surface area contributed by atoms with Crippen molar-refractivity contribution in [3.8, 4) is 0 Å². The molecular weight excluding hydrogens is 417 g/mol. The first-order valence-electron chi connectivity index (χ1n) is 9.45. The summed E-state index contributed by atoms with van der Waals surface area (Å²) in [7, 11) is 0. The molecule has 4 nitrogen and oxygen atoms in total. The molecule has 2 heterocycles. The first-order chi connectivity index (χ1) is 13.4. The third kappa shape index (κ3) is 4.22. The molecule has 1 amide bonds. The van der Waals surface area contributed by atoms with Crippen LogP contribution in [0.2, 0.25) is 9.36 Å². The number of carboxylic acid groups (broad SMARTS) is 1. The Hall–Kier alpha value is -1.56. The predicted octanol–water partition coefficient (Wildman–Crippen LogP) is 5.61. The molecule has 148 valence electrons. The summed E-state index contributed by atoms with van der Waals surface area (Å²) in [6, 6.07) is 11.4. The molecule has 2 aliphatic rings. The van der Waals surface area contributed by atoms with Gasteiger partial charge in [-0.1, -0.05) is 35.3 Å². The molecule has 1 aliphatic carbocycles. The average Bonchev–Trinajstić information content (AvgIpc) is 3.36. The summed E-state index contributed by atoms with van der Waals surface area (Å²) in [5.74, 6) is -1.03. The van der Waals surface area contributed by atoms with Crippen molar-refractivity contribution in [1.82, 2.24) is 4.90 Å². The Morgan fingerprint density at radius 2 is 2.00 bits per heavy atom. The number of aliphatic carboxylic acids is 1. The van der Waals surface area contributed by atoms with E-state index in [9.17, 15) is 14.7 Å². The van der Waals surface area contributed by atoms with E-state index in [4.69, 9.17) is 23.2 Å². The molecule has 1 aliphatic heterocycles. The van der Waals surface area contributed by atoms with E-state index >= 15 is 0 Å². The number of carboxylic acids is 1. The summed E-state index contributed by atoms with van der Waals surface area (Å²) < 4.78 is 0.686. The zero-order chi connectivity index (χ0) is 19.8. The van der Waals surface area contributed by atoms with Crippen molar-refractivity contribution in [2.45, 2.75) is 37.6 Å². The molecule has 1 saturated heterocycles. The summed E-state index contributed by atoms with van der Waals surface area (Å²) in [5, 5.41) is 9.98. The van der Waals surface area contributed by atoms with Gasteiger partial charge in [-0.25, -0.2) is 0 Å². The Morgan fingerprint density at radius 3 is 2.61 bits per heavy atom. The van der Waals surface area contributed by atoms with Gasteiger partial charge in [0.2, 0.25) is 5.91 Å². The Kier molecular flexibility index (Phi) is 5.68. The monoisotopic (exact) mass is 437 g/mol. The van der Waals surface area contributed by atoms with Crippen molar-refractivity contribution in [2.24, 2.45) is 11.8 Å². The van der Waals surface area contributed by atoms with E-state index in [1.807, 2.05) is 41.3 Å². The SMILES string of the molecule is O=C(O)C[C@@H]1C[C@H](c2cccc(Cl)c2)[C@@H](c2ccc(Cl)s2)N(CC2CC2)C1=O. The molecule has 4 rings (SSSR count). The van der Waals surface area contributed by atoms with Gasteiger partial charge in [-0.3, -0.25) is 9.59 Å². The Morgan fingerprint density at radius 1 is 1.21 bits per heavy atom. The van der Waals surface area contributed by atoms with Crippen molar-refractivity contribution in [2.75, 3.05) is 6.54 Å². The van der Waals surface area contributed by atoms with E-state index < -0.39 is 11.9 Å². The number of halogens is 2. The molecule has 0 spiro atoms. The van der Waals surface area contributed by atoms with E-state index in [-0.39, 0.29) is 24.3 Å². The van der Waals surface area contributed by atoms with Gasteiger partial charge in [0, 0.05) is 28.3 Å². The van der Waals surface area contributed by atoms with E-state index in [2.05, 4.69) is 0 Å². The standard InChI is InChI=1S/C21H21Cl2NO3S/c22-15-3-1-2-13(8-15)16-9-14(10-19(25)26)21(27)24(11-12-4-5-12)20(16)17-6-7-18(23)28-17/h1-3,6-8,12,14,16,20H,4-5,9-11H2,(H,25,26)/t14-,16+,20-/m0/s1. The highest BCUT2D eigenvalue weighted by Crippen LogP contribution is 2.49. The van der Waals surface area contributed by atoms with Crippen LogP contribution in [0.3, 0.4) is 0 Å². The van der Waals surface area contributed by atoms with Crippen LogP contribution in [-0.4, -0.2) is 28.4 Å². The number of nitrogens with zero attached hydrogens (tertiary/aromatic N) is 1. The van der Waals surface area contributed by atoms with E-state index in [0.717, 1.165) is 23.3 Å². The van der Waals surface area contributed by atoms with E-state index in [1.54, 1.807) is 0 Å². The fraction of sp³-hybridized carbons (Fsp3) is 0.429. The maximum Gasteiger partial charge on any atom is 0.304 e. The summed E-state index contributed by atoms with van der Waals surface area (Å²) in [4.78, 5) is 27.6. The normalized spacial score (nSPS) is 25.1. The second-order valence-corrected chi connectivity index (χ2v) is 9.90. The van der Waals surface area contributed by atoms with Gasteiger partial charge in [-0.2, -0.15) is 0 Å². The highest BCUT2D eigenvalue weighted by atomic mass is 35.5. The zero-order valence-corrected chi connectivity index (χ0v) is 17.5. The van der Waals surface area contributed by atoms with Crippen LogP contribution in [0.4, 0.5) is 0 Å². The van der Waals surface area contributed by atoms with E-state index in [1.165, 1.54) is 11.3 Å². The largest absolute Gasteiger partial charge is 0.481 e. The lowest BCUT2D eigenvalue weighted by molar-refractivity contribution is -0.150. The third-order valence-electron chi connectivity index (χ3n) is 5.62. The van der Waals surface area contributed by atoms with Crippen LogP contribution in [0.15, 0.2) is 36.4 Å². The summed E-state index contributed by atoms with van der Waals surface area (Å²) in [6.07, 6.45) is 2.59. The Bertz CT molecular complexity index is 895. The van der Waals surface area contributed by atoms with Crippen LogP contribution in [0.5, 0.6) is 0 Å². The summed E-state index contributed by atoms with van der Waals surface area (Å²) >= 11 is 14.0. The minimum absolute atomic E-state index is 0.0192. The van der Waals surface area contributed by atoms with Gasteiger partial charge in [-0.15, -0.1) is 11.3 Å². The maximum atomic E-state index is 13.3. The number of likely N-dealkylation sites (tertiary alicyclic amines) is 1. The number of hydrogen-bond donors (Lipinski definition) is 1. The number of piperidine rings is 1. The van der Waals surface area contributed by atoms with Gasteiger partial charge >= 0.3 is 5.97 Å². The highest BCUT2D eigenvalue weighted by Gasteiger charge is 2.45. The van der Waals surface area contributed by atoms with Crippen LogP contribution in [0.25, 0.3) is 0 Å². The molecule has 1 N–H and O–H groups in total. The smallest absolute Gasteiger partial charge is 0.304 e. The molecule has 1 aromatic carbocycles. The molecule has 2 aromatic rings. The average molecular weight is 438 g/mol. The van der Waals surface area contributed by atoms with E-state index in [0.29, 0.717) is 28.2 Å². The quantitative estimate of drug-likeness (QED) is 0.638. The molecule has 0 radical (unpaired) electrons. The topological polar surface area (TPSA) is 57.6 Å². The number of hydrogen-bond acceptors (Lipinski definition) is 3. The lowest BCUT2D eigenvalue weighted by Crippen LogP contribution is -2.48. The minimum Gasteiger partial charge on any atom is -0.481 e. The molecule has 0 unspecified atom stereocenters. The molecule has 3 atom stereocenters. The number of amides is 1. The van der Waals surface area contributed by atoms with Gasteiger partial charge in [0.05, 0.1) is 16.8 Å². The lowest BCUT2D eigenvalue weighted by Gasteiger charge is -2.44. The van der Waals surface area contributed by atoms with Crippen molar-refractivity contribution >= 4 is 46.4 Å². The van der Waals surface area contributed by atoms with Crippen LogP contribution >= 0.6 is 34.5 Å². The number of rotatable bonds is 6. The Labute approximate surface area is 178 Å². The third-order valence-corrected chi connectivity index (χ3v) is 7.16. The molecule has 2 fully saturated rings. The van der Waals surface area contributed by atoms with Crippen molar-refractivity contribution in [1.29, 1.82) is 0 Å². The predicted molar refractivity (Wildman–Crippen MR) is 111 cm³/mol. The molecule has 28 heavy (non-hydrogen) atoms. The molecular formula is C21H21Cl2NO3S. The fourth-order valence-corrected chi connectivity index (χ4v) is 5.62. The van der Waals surface area contributed by atoms with Crippen molar-refractivity contribution in [3.63, 3.8) is 0 Å². The second-order valence-electron chi connectivity index (χ2n) is 7.71. The first kappa shape index (κ1) is 19.7. The van der Waals surface area contributed by atoms with Gasteiger partial charge < -0.3 is 10.0 Å². The Balaban J connectivity index is 1.77. The zero-order valence-electron chi connectivity index (χ0n) is 15.2. The summed E-state index contributed by atoms with van der Waals surface area (Å²) in [5.41, 5.74) is 1.03. The number of benzene rings is 1. The van der Waals surface area contributed by atoms with Crippen LogP contribution in [0.1, 0.15) is 48.1 Å². The number of carbonyl (C=O) groups is 2. The van der Waals surface area contributed by atoms with Crippen LogP contribution < -0.4 is 0 Å². The van der Waals surface area contributed by atoms with Gasteiger partial charge in [0.1, 0.15) is 0 Å². The molecule has 7 heteroatoms. The van der Waals surface area contributed by atoms with Gasteiger partial charge in [0.25, 0.3) is 0 Å². The highest BCUT2D eigenvalue weighted by molar-refractivity contribution is 7.16. The minimum atomic E-state index is -0.938. The van der Waals surface area contributed by atoms with Crippen LogP contribution in [0, 0.1) is 11.8 Å². The molecule has 1 saturated carbocycles. The molecule has 1 aromatic heterocycles.